The highest BCUT2D eigenvalue weighted by atomic mass is 16.3. The van der Waals surface area contributed by atoms with E-state index in [1.165, 1.54) is 0 Å². The van der Waals surface area contributed by atoms with E-state index in [0.717, 1.165) is 38.6 Å². The second-order valence-corrected chi connectivity index (χ2v) is 4.19. The summed E-state index contributed by atoms with van der Waals surface area (Å²) < 4.78 is 0. The molecule has 2 unspecified atom stereocenters. The van der Waals surface area contributed by atoms with Crippen LogP contribution in [0.2, 0.25) is 0 Å². The SMILES string of the molecule is CCCNC(=O)CNC1CCCCC1O. The maximum atomic E-state index is 11.3. The molecule has 1 aliphatic rings. The molecule has 0 heterocycles. The number of amides is 1. The van der Waals surface area contributed by atoms with Gasteiger partial charge in [0.05, 0.1) is 12.6 Å². The summed E-state index contributed by atoms with van der Waals surface area (Å²) >= 11 is 0. The maximum Gasteiger partial charge on any atom is 0.233 e. The summed E-state index contributed by atoms with van der Waals surface area (Å²) in [5, 5.41) is 15.6. The molecular weight excluding hydrogens is 192 g/mol. The minimum absolute atomic E-state index is 0.0228. The molecule has 1 saturated carbocycles. The average molecular weight is 214 g/mol. The van der Waals surface area contributed by atoms with Gasteiger partial charge in [-0.05, 0) is 19.3 Å². The molecule has 1 rings (SSSR count). The van der Waals surface area contributed by atoms with E-state index in [1.54, 1.807) is 0 Å². The van der Waals surface area contributed by atoms with Crippen LogP contribution in [0.3, 0.4) is 0 Å². The zero-order valence-corrected chi connectivity index (χ0v) is 9.46. The monoisotopic (exact) mass is 214 g/mol. The lowest BCUT2D eigenvalue weighted by Crippen LogP contribution is -2.46. The third-order valence-electron chi connectivity index (χ3n) is 2.83. The topological polar surface area (TPSA) is 61.4 Å². The largest absolute Gasteiger partial charge is 0.392 e. The van der Waals surface area contributed by atoms with Crippen LogP contribution in [0.25, 0.3) is 0 Å². The summed E-state index contributed by atoms with van der Waals surface area (Å²) in [4.78, 5) is 11.3. The number of hydrogen-bond donors (Lipinski definition) is 3. The molecule has 88 valence electrons. The van der Waals surface area contributed by atoms with Gasteiger partial charge in [0, 0.05) is 12.6 Å². The summed E-state index contributed by atoms with van der Waals surface area (Å²) in [6, 6.07) is 0.103. The first-order valence-corrected chi connectivity index (χ1v) is 5.92. The van der Waals surface area contributed by atoms with Gasteiger partial charge in [0.15, 0.2) is 0 Å². The third kappa shape index (κ3) is 4.62. The Morgan fingerprint density at radius 2 is 2.13 bits per heavy atom. The second kappa shape index (κ2) is 6.80. The minimum Gasteiger partial charge on any atom is -0.392 e. The Kier molecular flexibility index (Phi) is 5.65. The first-order valence-electron chi connectivity index (χ1n) is 5.92. The Morgan fingerprint density at radius 3 is 2.80 bits per heavy atom. The lowest BCUT2D eigenvalue weighted by Gasteiger charge is -2.28. The number of carbonyl (C=O) groups excluding carboxylic acids is 1. The normalized spacial score (nSPS) is 26.3. The maximum absolute atomic E-state index is 11.3. The first kappa shape index (κ1) is 12.5. The van der Waals surface area contributed by atoms with Gasteiger partial charge in [0.2, 0.25) is 5.91 Å². The zero-order valence-electron chi connectivity index (χ0n) is 9.46. The standard InChI is InChI=1S/C11H22N2O2/c1-2-7-12-11(15)8-13-9-5-3-4-6-10(9)14/h9-10,13-14H,2-8H2,1H3,(H,12,15). The van der Waals surface area contributed by atoms with Crippen molar-refractivity contribution in [3.05, 3.63) is 0 Å². The van der Waals surface area contributed by atoms with Crippen LogP contribution in [-0.2, 0) is 4.79 Å². The Labute approximate surface area is 91.4 Å². The highest BCUT2D eigenvalue weighted by molar-refractivity contribution is 5.77. The van der Waals surface area contributed by atoms with Gasteiger partial charge >= 0.3 is 0 Å². The summed E-state index contributed by atoms with van der Waals surface area (Å²) in [5.74, 6) is 0.0228. The molecule has 0 aromatic carbocycles. The van der Waals surface area contributed by atoms with E-state index in [2.05, 4.69) is 10.6 Å². The number of rotatable bonds is 5. The smallest absolute Gasteiger partial charge is 0.233 e. The van der Waals surface area contributed by atoms with Crippen molar-refractivity contribution in [2.45, 2.75) is 51.2 Å². The summed E-state index contributed by atoms with van der Waals surface area (Å²) in [5.41, 5.74) is 0. The predicted molar refractivity (Wildman–Crippen MR) is 59.6 cm³/mol. The van der Waals surface area contributed by atoms with E-state index >= 15 is 0 Å². The lowest BCUT2D eigenvalue weighted by atomic mass is 9.93. The van der Waals surface area contributed by atoms with Crippen LogP contribution < -0.4 is 10.6 Å². The van der Waals surface area contributed by atoms with E-state index in [9.17, 15) is 9.90 Å². The molecule has 3 N–H and O–H groups in total. The van der Waals surface area contributed by atoms with Crippen molar-refractivity contribution in [3.63, 3.8) is 0 Å². The molecule has 0 radical (unpaired) electrons. The molecular formula is C11H22N2O2. The fourth-order valence-electron chi connectivity index (χ4n) is 1.90. The van der Waals surface area contributed by atoms with Gasteiger partial charge in [-0.2, -0.15) is 0 Å². The molecule has 0 bridgehead atoms. The predicted octanol–water partition coefficient (Wildman–Crippen LogP) is 0.406. The van der Waals surface area contributed by atoms with Crippen molar-refractivity contribution < 1.29 is 9.90 Å². The van der Waals surface area contributed by atoms with E-state index in [1.807, 2.05) is 6.92 Å². The highest BCUT2D eigenvalue weighted by Crippen LogP contribution is 2.17. The van der Waals surface area contributed by atoms with E-state index in [0.29, 0.717) is 6.54 Å². The van der Waals surface area contributed by atoms with Crippen molar-refractivity contribution in [1.29, 1.82) is 0 Å². The van der Waals surface area contributed by atoms with Crippen molar-refractivity contribution in [3.8, 4) is 0 Å². The molecule has 0 aromatic heterocycles. The molecule has 4 heteroatoms. The molecule has 15 heavy (non-hydrogen) atoms. The molecule has 1 amide bonds. The minimum atomic E-state index is -0.280. The van der Waals surface area contributed by atoms with Crippen LogP contribution in [0.1, 0.15) is 39.0 Å². The van der Waals surface area contributed by atoms with Crippen LogP contribution in [0, 0.1) is 0 Å². The van der Waals surface area contributed by atoms with Crippen molar-refractivity contribution >= 4 is 5.91 Å². The molecule has 0 aromatic rings. The quantitative estimate of drug-likeness (QED) is 0.621. The zero-order chi connectivity index (χ0) is 11.1. The molecule has 1 aliphatic carbocycles. The van der Waals surface area contributed by atoms with E-state index < -0.39 is 0 Å². The van der Waals surface area contributed by atoms with Crippen LogP contribution >= 0.6 is 0 Å². The molecule has 0 aliphatic heterocycles. The third-order valence-corrected chi connectivity index (χ3v) is 2.83. The second-order valence-electron chi connectivity index (χ2n) is 4.19. The average Bonchev–Trinajstić information content (AvgIpc) is 2.25. The molecule has 0 saturated heterocycles. The van der Waals surface area contributed by atoms with Crippen molar-refractivity contribution in [2.24, 2.45) is 0 Å². The molecule has 4 nitrogen and oxygen atoms in total. The number of hydrogen-bond acceptors (Lipinski definition) is 3. The van der Waals surface area contributed by atoms with Gasteiger partial charge in [-0.25, -0.2) is 0 Å². The van der Waals surface area contributed by atoms with Gasteiger partial charge in [-0.1, -0.05) is 19.8 Å². The van der Waals surface area contributed by atoms with Crippen LogP contribution in [-0.4, -0.2) is 36.2 Å². The van der Waals surface area contributed by atoms with Gasteiger partial charge < -0.3 is 15.7 Å². The molecule has 1 fully saturated rings. The Morgan fingerprint density at radius 1 is 1.40 bits per heavy atom. The number of aliphatic hydroxyl groups excluding tert-OH is 1. The van der Waals surface area contributed by atoms with Gasteiger partial charge in [0.1, 0.15) is 0 Å². The van der Waals surface area contributed by atoms with Crippen LogP contribution in [0.15, 0.2) is 0 Å². The van der Waals surface area contributed by atoms with Crippen molar-refractivity contribution in [2.75, 3.05) is 13.1 Å². The molecule has 2 atom stereocenters. The lowest BCUT2D eigenvalue weighted by molar-refractivity contribution is -0.120. The molecule has 0 spiro atoms. The fourth-order valence-corrected chi connectivity index (χ4v) is 1.90. The van der Waals surface area contributed by atoms with Gasteiger partial charge in [-0.15, -0.1) is 0 Å². The number of carbonyl (C=O) groups is 1. The summed E-state index contributed by atoms with van der Waals surface area (Å²) in [6.45, 7) is 3.08. The van der Waals surface area contributed by atoms with E-state index in [4.69, 9.17) is 0 Å². The van der Waals surface area contributed by atoms with Gasteiger partial charge in [-0.3, -0.25) is 4.79 Å². The van der Waals surface area contributed by atoms with Crippen LogP contribution in [0.5, 0.6) is 0 Å². The fraction of sp³-hybridized carbons (Fsp3) is 0.909. The van der Waals surface area contributed by atoms with Gasteiger partial charge in [0.25, 0.3) is 0 Å². The number of aliphatic hydroxyl groups is 1. The Balaban J connectivity index is 2.14. The Bertz CT molecular complexity index is 197. The van der Waals surface area contributed by atoms with Crippen molar-refractivity contribution in [1.82, 2.24) is 10.6 Å². The summed E-state index contributed by atoms with van der Waals surface area (Å²) in [7, 11) is 0. The first-order chi connectivity index (χ1) is 7.24. The van der Waals surface area contributed by atoms with E-state index in [-0.39, 0.29) is 18.1 Å². The number of nitrogens with one attached hydrogen (secondary N) is 2. The Hall–Kier alpha value is -0.610. The highest BCUT2D eigenvalue weighted by Gasteiger charge is 2.22. The summed E-state index contributed by atoms with van der Waals surface area (Å²) in [6.07, 6.45) is 4.75. The van der Waals surface area contributed by atoms with Crippen LogP contribution in [0.4, 0.5) is 0 Å².